The van der Waals surface area contributed by atoms with E-state index in [0.29, 0.717) is 12.1 Å². The highest BCUT2D eigenvalue weighted by atomic mass is 19.4. The summed E-state index contributed by atoms with van der Waals surface area (Å²) in [5.41, 5.74) is 6.22. The lowest BCUT2D eigenvalue weighted by Gasteiger charge is -2.18. The van der Waals surface area contributed by atoms with Crippen LogP contribution >= 0.6 is 0 Å². The third kappa shape index (κ3) is 4.20. The number of hydrogen-bond donors (Lipinski definition) is 3. The van der Waals surface area contributed by atoms with Crippen LogP contribution < -0.4 is 16.2 Å². The third-order valence-corrected chi connectivity index (χ3v) is 4.27. The summed E-state index contributed by atoms with van der Waals surface area (Å²) in [6.45, 7) is 0.353. The second kappa shape index (κ2) is 7.43. The van der Waals surface area contributed by atoms with Gasteiger partial charge in [-0.05, 0) is 35.4 Å². The second-order valence-electron chi connectivity index (χ2n) is 6.08. The van der Waals surface area contributed by atoms with Gasteiger partial charge in [0.1, 0.15) is 5.82 Å². The van der Waals surface area contributed by atoms with Gasteiger partial charge in [0.15, 0.2) is 0 Å². The molecular weight excluding hydrogens is 350 g/mol. The summed E-state index contributed by atoms with van der Waals surface area (Å²) >= 11 is 0. The summed E-state index contributed by atoms with van der Waals surface area (Å²) in [4.78, 5) is 12.5. The van der Waals surface area contributed by atoms with E-state index in [1.807, 2.05) is 0 Å². The summed E-state index contributed by atoms with van der Waals surface area (Å²) < 4.78 is 51.3. The van der Waals surface area contributed by atoms with E-state index in [9.17, 15) is 22.4 Å². The quantitative estimate of drug-likeness (QED) is 0.729. The first-order valence-corrected chi connectivity index (χ1v) is 8.02. The topological polar surface area (TPSA) is 53.2 Å². The van der Waals surface area contributed by atoms with E-state index in [1.54, 1.807) is 12.1 Å². The smallest absolute Gasteiger partial charge is 0.352 e. The van der Waals surface area contributed by atoms with Gasteiger partial charge in [-0.15, -0.1) is 0 Å². The largest absolute Gasteiger partial charge is 0.416 e. The van der Waals surface area contributed by atoms with Crippen LogP contribution in [0.3, 0.4) is 0 Å². The Labute approximate surface area is 147 Å². The Morgan fingerprint density at radius 3 is 2.58 bits per heavy atom. The van der Waals surface area contributed by atoms with Gasteiger partial charge in [0.05, 0.1) is 17.5 Å². The standard InChI is InChI=1S/C18H17F4N3O/c19-14-6-4-12(5-7-14)16-15(10-24-25-16)17(26)23-9-11-2-1-3-13(8-11)18(20,21)22/h1-8,15-16,24-25H,9-10H2,(H,23,26). The van der Waals surface area contributed by atoms with Gasteiger partial charge < -0.3 is 5.32 Å². The fourth-order valence-electron chi connectivity index (χ4n) is 2.91. The van der Waals surface area contributed by atoms with Crippen molar-refractivity contribution in [3.63, 3.8) is 0 Å². The minimum absolute atomic E-state index is 0.00457. The fraction of sp³-hybridized carbons (Fsp3) is 0.278. The van der Waals surface area contributed by atoms with Crippen LogP contribution in [0.4, 0.5) is 17.6 Å². The minimum Gasteiger partial charge on any atom is -0.352 e. The number of rotatable bonds is 4. The van der Waals surface area contributed by atoms with E-state index in [4.69, 9.17) is 0 Å². The van der Waals surface area contributed by atoms with E-state index in [2.05, 4.69) is 16.2 Å². The molecule has 1 amide bonds. The van der Waals surface area contributed by atoms with Crippen molar-refractivity contribution in [1.29, 1.82) is 0 Å². The van der Waals surface area contributed by atoms with Gasteiger partial charge in [0.2, 0.25) is 5.91 Å². The number of alkyl halides is 3. The summed E-state index contributed by atoms with van der Waals surface area (Å²) in [5, 5.41) is 2.67. The number of carbonyl (C=O) groups excluding carboxylic acids is 1. The van der Waals surface area contributed by atoms with Crippen molar-refractivity contribution in [3.05, 3.63) is 71.0 Å². The Hall–Kier alpha value is -2.45. The molecule has 0 aliphatic carbocycles. The van der Waals surface area contributed by atoms with Crippen LogP contribution in [0.1, 0.15) is 22.7 Å². The first kappa shape index (κ1) is 18.3. The molecule has 2 aromatic carbocycles. The van der Waals surface area contributed by atoms with Crippen molar-refractivity contribution >= 4 is 5.91 Å². The summed E-state index contributed by atoms with van der Waals surface area (Å²) in [6, 6.07) is 10.3. The molecule has 0 saturated carbocycles. The molecule has 8 heteroatoms. The number of amides is 1. The first-order chi connectivity index (χ1) is 12.3. The molecule has 2 aromatic rings. The Bertz CT molecular complexity index is 777. The zero-order chi connectivity index (χ0) is 18.7. The molecule has 2 atom stereocenters. The zero-order valence-corrected chi connectivity index (χ0v) is 13.6. The van der Waals surface area contributed by atoms with Gasteiger partial charge in [-0.3, -0.25) is 10.2 Å². The molecule has 138 valence electrons. The van der Waals surface area contributed by atoms with Crippen LogP contribution in [-0.4, -0.2) is 12.5 Å². The van der Waals surface area contributed by atoms with Gasteiger partial charge >= 0.3 is 6.18 Å². The molecule has 0 radical (unpaired) electrons. The number of halogens is 4. The van der Waals surface area contributed by atoms with Crippen LogP contribution in [-0.2, 0) is 17.5 Å². The fourth-order valence-corrected chi connectivity index (χ4v) is 2.91. The molecule has 1 aliphatic rings. The molecule has 1 saturated heterocycles. The molecule has 0 bridgehead atoms. The maximum atomic E-state index is 13.1. The maximum absolute atomic E-state index is 13.1. The molecule has 1 fully saturated rings. The first-order valence-electron chi connectivity index (χ1n) is 8.02. The highest BCUT2D eigenvalue weighted by molar-refractivity contribution is 5.80. The monoisotopic (exact) mass is 367 g/mol. The van der Waals surface area contributed by atoms with Crippen LogP contribution in [0, 0.1) is 11.7 Å². The summed E-state index contributed by atoms with van der Waals surface area (Å²) in [5.74, 6) is -1.13. The van der Waals surface area contributed by atoms with Gasteiger partial charge in [-0.25, -0.2) is 9.82 Å². The summed E-state index contributed by atoms with van der Waals surface area (Å²) in [6.07, 6.45) is -4.42. The SMILES string of the molecule is O=C(NCc1cccc(C(F)(F)F)c1)C1CNNC1c1ccc(F)cc1. The molecule has 3 N–H and O–H groups in total. The molecule has 0 aromatic heterocycles. The van der Waals surface area contributed by atoms with Crippen molar-refractivity contribution in [2.45, 2.75) is 18.8 Å². The molecule has 0 spiro atoms. The van der Waals surface area contributed by atoms with Crippen LogP contribution in [0.2, 0.25) is 0 Å². The normalized spacial score (nSPS) is 20.2. The van der Waals surface area contributed by atoms with E-state index in [-0.39, 0.29) is 24.3 Å². The lowest BCUT2D eigenvalue weighted by Crippen LogP contribution is -2.34. The van der Waals surface area contributed by atoms with Crippen molar-refractivity contribution in [1.82, 2.24) is 16.2 Å². The number of nitrogens with one attached hydrogen (secondary N) is 3. The summed E-state index contributed by atoms with van der Waals surface area (Å²) in [7, 11) is 0. The Balaban J connectivity index is 1.65. The van der Waals surface area contributed by atoms with Crippen molar-refractivity contribution in [3.8, 4) is 0 Å². The van der Waals surface area contributed by atoms with Crippen molar-refractivity contribution in [2.75, 3.05) is 6.54 Å². The molecule has 4 nitrogen and oxygen atoms in total. The number of carbonyl (C=O) groups is 1. The molecule has 1 aliphatic heterocycles. The number of hydrogen-bond acceptors (Lipinski definition) is 3. The number of hydrazine groups is 1. The van der Waals surface area contributed by atoms with E-state index in [0.717, 1.165) is 17.7 Å². The highest BCUT2D eigenvalue weighted by Crippen LogP contribution is 2.29. The van der Waals surface area contributed by atoms with Crippen LogP contribution in [0.25, 0.3) is 0 Å². The third-order valence-electron chi connectivity index (χ3n) is 4.27. The molecular formula is C18H17F4N3O. The van der Waals surface area contributed by atoms with E-state index in [1.165, 1.54) is 24.3 Å². The predicted octanol–water partition coefficient (Wildman–Crippen LogP) is 2.93. The van der Waals surface area contributed by atoms with Crippen molar-refractivity contribution < 1.29 is 22.4 Å². The van der Waals surface area contributed by atoms with E-state index < -0.39 is 17.7 Å². The molecule has 26 heavy (non-hydrogen) atoms. The van der Waals surface area contributed by atoms with Gasteiger partial charge in [0.25, 0.3) is 0 Å². The van der Waals surface area contributed by atoms with E-state index >= 15 is 0 Å². The lowest BCUT2D eigenvalue weighted by molar-refractivity contribution is -0.137. The molecule has 3 rings (SSSR count). The zero-order valence-electron chi connectivity index (χ0n) is 13.6. The second-order valence-corrected chi connectivity index (χ2v) is 6.08. The van der Waals surface area contributed by atoms with Gasteiger partial charge in [-0.2, -0.15) is 13.2 Å². The van der Waals surface area contributed by atoms with Gasteiger partial charge in [0, 0.05) is 13.1 Å². The number of benzene rings is 2. The molecule has 1 heterocycles. The Morgan fingerprint density at radius 2 is 1.88 bits per heavy atom. The molecule has 2 unspecified atom stereocenters. The maximum Gasteiger partial charge on any atom is 0.416 e. The van der Waals surface area contributed by atoms with Gasteiger partial charge in [-0.1, -0.05) is 24.3 Å². The lowest BCUT2D eigenvalue weighted by atomic mass is 9.94. The average Bonchev–Trinajstić information content (AvgIpc) is 3.09. The highest BCUT2D eigenvalue weighted by Gasteiger charge is 2.34. The average molecular weight is 367 g/mol. The minimum atomic E-state index is -4.42. The Kier molecular flexibility index (Phi) is 5.24. The van der Waals surface area contributed by atoms with Crippen molar-refractivity contribution in [2.24, 2.45) is 5.92 Å². The van der Waals surface area contributed by atoms with Crippen LogP contribution in [0.5, 0.6) is 0 Å². The Morgan fingerprint density at radius 1 is 1.15 bits per heavy atom. The predicted molar refractivity (Wildman–Crippen MR) is 87.1 cm³/mol. The van der Waals surface area contributed by atoms with Crippen LogP contribution in [0.15, 0.2) is 48.5 Å².